The zero-order valence-electron chi connectivity index (χ0n) is 9.36. The number of ether oxygens (including phenoxy) is 2. The highest BCUT2D eigenvalue weighted by Crippen LogP contribution is 2.10. The largest absolute Gasteiger partial charge is 0.484 e. The van der Waals surface area contributed by atoms with E-state index in [0.29, 0.717) is 6.42 Å². The Kier molecular flexibility index (Phi) is 6.74. The molecule has 16 heavy (non-hydrogen) atoms. The van der Waals surface area contributed by atoms with Crippen LogP contribution in [0.5, 0.6) is 0 Å². The zero-order valence-corrected chi connectivity index (χ0v) is 9.36. The number of unbranched alkanes of at least 4 members (excludes halogenated alkanes) is 1. The van der Waals surface area contributed by atoms with Crippen molar-refractivity contribution < 1.29 is 29.3 Å². The van der Waals surface area contributed by atoms with E-state index in [1.54, 1.807) is 6.92 Å². The van der Waals surface area contributed by atoms with Gasteiger partial charge >= 0.3 is 11.9 Å². The van der Waals surface area contributed by atoms with Gasteiger partial charge in [-0.1, -0.05) is 13.3 Å². The number of carboxylic acids is 2. The molecule has 0 unspecified atom stereocenters. The smallest absolute Gasteiger partial charge is 0.375 e. The van der Waals surface area contributed by atoms with Gasteiger partial charge in [-0.05, 0) is 13.3 Å². The average molecular weight is 232 g/mol. The topological polar surface area (TPSA) is 93.1 Å². The maximum absolute atomic E-state index is 10.8. The minimum Gasteiger partial charge on any atom is -0.484 e. The van der Waals surface area contributed by atoms with Crippen LogP contribution >= 0.6 is 0 Å². The Morgan fingerprint density at radius 3 is 1.88 bits per heavy atom. The van der Waals surface area contributed by atoms with Crippen LogP contribution < -0.4 is 0 Å². The third kappa shape index (κ3) is 4.68. The van der Waals surface area contributed by atoms with Crippen LogP contribution in [0.2, 0.25) is 0 Å². The molecule has 0 fully saturated rings. The Bertz CT molecular complexity index is 281. The first-order valence-corrected chi connectivity index (χ1v) is 5.01. The number of aliphatic carboxylic acids is 2. The molecule has 2 N–H and O–H groups in total. The van der Waals surface area contributed by atoms with Crippen molar-refractivity contribution in [2.75, 3.05) is 13.2 Å². The monoisotopic (exact) mass is 232 g/mol. The van der Waals surface area contributed by atoms with Crippen molar-refractivity contribution >= 4 is 11.9 Å². The molecule has 0 atom stereocenters. The maximum Gasteiger partial charge on any atom is 0.375 e. The molecule has 0 aliphatic heterocycles. The molecule has 0 spiro atoms. The van der Waals surface area contributed by atoms with Gasteiger partial charge in [-0.15, -0.1) is 0 Å². The Morgan fingerprint density at radius 2 is 1.50 bits per heavy atom. The van der Waals surface area contributed by atoms with Gasteiger partial charge < -0.3 is 19.7 Å². The SMILES string of the molecule is CCCCO/C(C(=O)O)=C(\OCC)C(=O)O. The minimum atomic E-state index is -1.45. The van der Waals surface area contributed by atoms with Crippen LogP contribution in [0, 0.1) is 0 Å². The van der Waals surface area contributed by atoms with Crippen molar-refractivity contribution in [1.82, 2.24) is 0 Å². The molecular weight excluding hydrogens is 216 g/mol. The minimum absolute atomic E-state index is 0.0650. The second-order valence-electron chi connectivity index (χ2n) is 2.90. The van der Waals surface area contributed by atoms with Gasteiger partial charge in [0, 0.05) is 0 Å². The standard InChI is InChI=1S/C10H16O6/c1-3-5-6-16-8(10(13)14)7(9(11)12)15-4-2/h3-6H2,1-2H3,(H,11,12)(H,13,14)/b8-7-. The predicted octanol–water partition coefficient (Wildman–Crippen LogP) is 1.22. The second-order valence-corrected chi connectivity index (χ2v) is 2.90. The lowest BCUT2D eigenvalue weighted by Crippen LogP contribution is -2.16. The van der Waals surface area contributed by atoms with Crippen molar-refractivity contribution in [2.24, 2.45) is 0 Å². The fourth-order valence-electron chi connectivity index (χ4n) is 0.912. The summed E-state index contributed by atoms with van der Waals surface area (Å²) in [6, 6.07) is 0. The van der Waals surface area contributed by atoms with Crippen molar-refractivity contribution in [3.8, 4) is 0 Å². The lowest BCUT2D eigenvalue weighted by atomic mass is 10.3. The fourth-order valence-corrected chi connectivity index (χ4v) is 0.912. The summed E-state index contributed by atoms with van der Waals surface area (Å²) in [6.45, 7) is 3.69. The Labute approximate surface area is 93.5 Å². The molecule has 6 heteroatoms. The summed E-state index contributed by atoms with van der Waals surface area (Å²) in [7, 11) is 0. The van der Waals surface area contributed by atoms with Gasteiger partial charge in [-0.3, -0.25) is 0 Å². The molecule has 0 amide bonds. The van der Waals surface area contributed by atoms with Crippen molar-refractivity contribution in [2.45, 2.75) is 26.7 Å². The van der Waals surface area contributed by atoms with Crippen LogP contribution in [0.25, 0.3) is 0 Å². The molecule has 0 aliphatic carbocycles. The molecule has 0 rings (SSSR count). The van der Waals surface area contributed by atoms with Gasteiger partial charge in [0.25, 0.3) is 11.5 Å². The first kappa shape index (κ1) is 14.3. The molecule has 0 aromatic rings. The van der Waals surface area contributed by atoms with Gasteiger partial charge in [0.1, 0.15) is 0 Å². The van der Waals surface area contributed by atoms with Crippen LogP contribution in [0.1, 0.15) is 26.7 Å². The quantitative estimate of drug-likeness (QED) is 0.371. The maximum atomic E-state index is 10.8. The second kappa shape index (κ2) is 7.56. The number of rotatable bonds is 8. The number of hydrogen-bond donors (Lipinski definition) is 2. The summed E-state index contributed by atoms with van der Waals surface area (Å²) in [4.78, 5) is 21.5. The Morgan fingerprint density at radius 1 is 1.00 bits per heavy atom. The number of hydrogen-bond acceptors (Lipinski definition) is 4. The summed E-state index contributed by atoms with van der Waals surface area (Å²) >= 11 is 0. The molecule has 6 nitrogen and oxygen atoms in total. The van der Waals surface area contributed by atoms with Gasteiger partial charge in [0.05, 0.1) is 13.2 Å². The highest BCUT2D eigenvalue weighted by Gasteiger charge is 2.23. The van der Waals surface area contributed by atoms with E-state index in [-0.39, 0.29) is 13.2 Å². The van der Waals surface area contributed by atoms with Crippen LogP contribution in [0.4, 0.5) is 0 Å². The van der Waals surface area contributed by atoms with Gasteiger partial charge in [0.15, 0.2) is 0 Å². The Hall–Kier alpha value is -1.72. The fraction of sp³-hybridized carbons (Fsp3) is 0.600. The molecule has 0 aromatic carbocycles. The molecule has 0 radical (unpaired) electrons. The lowest BCUT2D eigenvalue weighted by molar-refractivity contribution is -0.142. The van der Waals surface area contributed by atoms with Gasteiger partial charge in [-0.2, -0.15) is 0 Å². The molecule has 0 heterocycles. The van der Waals surface area contributed by atoms with E-state index < -0.39 is 23.5 Å². The van der Waals surface area contributed by atoms with Gasteiger partial charge in [0.2, 0.25) is 0 Å². The Balaban J connectivity index is 4.84. The summed E-state index contributed by atoms with van der Waals surface area (Å²) in [5.41, 5.74) is 0. The van der Waals surface area contributed by atoms with E-state index in [9.17, 15) is 9.59 Å². The number of carboxylic acid groups (broad SMARTS) is 2. The summed E-state index contributed by atoms with van der Waals surface area (Å²) < 4.78 is 9.63. The lowest BCUT2D eigenvalue weighted by Gasteiger charge is -2.10. The third-order valence-electron chi connectivity index (χ3n) is 1.63. The molecule has 0 aliphatic rings. The average Bonchev–Trinajstić information content (AvgIpc) is 2.21. The molecular formula is C10H16O6. The highest BCUT2D eigenvalue weighted by molar-refractivity contribution is 5.95. The van der Waals surface area contributed by atoms with E-state index in [2.05, 4.69) is 0 Å². The van der Waals surface area contributed by atoms with Crippen LogP contribution in [0.15, 0.2) is 11.5 Å². The van der Waals surface area contributed by atoms with Crippen LogP contribution in [0.3, 0.4) is 0 Å². The van der Waals surface area contributed by atoms with E-state index in [4.69, 9.17) is 19.7 Å². The van der Waals surface area contributed by atoms with E-state index in [0.717, 1.165) is 6.42 Å². The third-order valence-corrected chi connectivity index (χ3v) is 1.63. The summed E-state index contributed by atoms with van der Waals surface area (Å²) in [6.07, 6.45) is 1.47. The summed E-state index contributed by atoms with van der Waals surface area (Å²) in [5.74, 6) is -4.20. The predicted molar refractivity (Wildman–Crippen MR) is 54.8 cm³/mol. The molecule has 0 aromatic heterocycles. The van der Waals surface area contributed by atoms with Crippen LogP contribution in [-0.4, -0.2) is 35.4 Å². The van der Waals surface area contributed by atoms with E-state index in [1.807, 2.05) is 6.92 Å². The van der Waals surface area contributed by atoms with Crippen molar-refractivity contribution in [3.63, 3.8) is 0 Å². The van der Waals surface area contributed by atoms with E-state index in [1.165, 1.54) is 0 Å². The molecule has 0 saturated heterocycles. The normalized spacial score (nSPS) is 11.6. The highest BCUT2D eigenvalue weighted by atomic mass is 16.5. The zero-order chi connectivity index (χ0) is 12.6. The van der Waals surface area contributed by atoms with Crippen molar-refractivity contribution in [3.05, 3.63) is 11.5 Å². The molecule has 92 valence electrons. The number of carbonyl (C=O) groups is 2. The molecule has 0 saturated carbocycles. The molecule has 0 bridgehead atoms. The van der Waals surface area contributed by atoms with Crippen molar-refractivity contribution in [1.29, 1.82) is 0 Å². The first-order valence-electron chi connectivity index (χ1n) is 5.01. The summed E-state index contributed by atoms with van der Waals surface area (Å²) in [5, 5.41) is 17.5. The van der Waals surface area contributed by atoms with Gasteiger partial charge in [-0.25, -0.2) is 9.59 Å². The van der Waals surface area contributed by atoms with Crippen LogP contribution in [-0.2, 0) is 19.1 Å². The van der Waals surface area contributed by atoms with E-state index >= 15 is 0 Å². The first-order chi connectivity index (χ1) is 7.54.